The van der Waals surface area contributed by atoms with Gasteiger partial charge in [-0.25, -0.2) is 0 Å². The molecule has 0 aromatic carbocycles. The second kappa shape index (κ2) is 7.00. The average molecular weight is 225 g/mol. The summed E-state index contributed by atoms with van der Waals surface area (Å²) in [6, 6.07) is 2.01. The molecule has 90 valence electrons. The first-order valence-electron chi connectivity index (χ1n) is 5.48. The van der Waals surface area contributed by atoms with E-state index in [-0.39, 0.29) is 5.97 Å². The summed E-state index contributed by atoms with van der Waals surface area (Å²) >= 11 is 0. The number of hydrogen-bond acceptors (Lipinski definition) is 4. The van der Waals surface area contributed by atoms with E-state index in [1.165, 1.54) is 12.8 Å². The summed E-state index contributed by atoms with van der Waals surface area (Å²) in [5.41, 5.74) is 1.21. The van der Waals surface area contributed by atoms with Crippen LogP contribution in [-0.2, 0) is 23.0 Å². The minimum absolute atomic E-state index is 0.145. The number of carbonyl (C=O) groups is 1. The van der Waals surface area contributed by atoms with E-state index in [2.05, 4.69) is 15.2 Å². The number of carbonyl (C=O) groups excluding carboxylic acids is 1. The molecule has 1 aromatic heterocycles. The van der Waals surface area contributed by atoms with Gasteiger partial charge in [0.15, 0.2) is 0 Å². The molecular formula is C11H19N3O2. The third kappa shape index (κ3) is 4.44. The molecule has 0 aliphatic heterocycles. The maximum atomic E-state index is 10.8. The van der Waals surface area contributed by atoms with Gasteiger partial charge in [0.2, 0.25) is 0 Å². The molecule has 0 saturated heterocycles. The summed E-state index contributed by atoms with van der Waals surface area (Å²) in [4.78, 5) is 10.8. The molecule has 1 N–H and O–H groups in total. The quantitative estimate of drug-likeness (QED) is 0.542. The number of methoxy groups -OCH3 is 1. The highest BCUT2D eigenvalue weighted by atomic mass is 16.5. The Morgan fingerprint density at radius 1 is 1.56 bits per heavy atom. The van der Waals surface area contributed by atoms with Crippen LogP contribution < -0.4 is 5.32 Å². The van der Waals surface area contributed by atoms with Gasteiger partial charge in [-0.2, -0.15) is 5.10 Å². The van der Waals surface area contributed by atoms with Crippen LogP contribution in [0.25, 0.3) is 0 Å². The summed E-state index contributed by atoms with van der Waals surface area (Å²) in [7, 11) is 3.35. The number of aromatic nitrogens is 2. The summed E-state index contributed by atoms with van der Waals surface area (Å²) in [5, 5.41) is 7.38. The molecule has 1 heterocycles. The van der Waals surface area contributed by atoms with Crippen molar-refractivity contribution in [2.24, 2.45) is 7.05 Å². The number of nitrogens with one attached hydrogen (secondary N) is 1. The van der Waals surface area contributed by atoms with Crippen LogP contribution in [0.5, 0.6) is 0 Å². The Balaban J connectivity index is 2.00. The number of aryl methyl sites for hydroxylation is 1. The van der Waals surface area contributed by atoms with Gasteiger partial charge in [0.25, 0.3) is 0 Å². The Hall–Kier alpha value is -1.36. The first-order chi connectivity index (χ1) is 7.74. The minimum atomic E-state index is -0.145. The van der Waals surface area contributed by atoms with Crippen molar-refractivity contribution in [3.8, 4) is 0 Å². The summed E-state index contributed by atoms with van der Waals surface area (Å²) in [6.45, 7) is 1.74. The Bertz CT molecular complexity index is 323. The molecule has 1 rings (SSSR count). The third-order valence-corrected chi connectivity index (χ3v) is 2.44. The number of ether oxygens (including phenoxy) is 1. The molecule has 0 bridgehead atoms. The van der Waals surface area contributed by atoms with E-state index in [1.807, 2.05) is 17.8 Å². The molecule has 0 atom stereocenters. The molecule has 0 aliphatic rings. The van der Waals surface area contributed by atoms with Gasteiger partial charge in [-0.15, -0.1) is 0 Å². The fourth-order valence-electron chi connectivity index (χ4n) is 1.45. The smallest absolute Gasteiger partial charge is 0.305 e. The lowest BCUT2D eigenvalue weighted by atomic mass is 10.3. The van der Waals surface area contributed by atoms with Crippen molar-refractivity contribution in [2.75, 3.05) is 20.2 Å². The van der Waals surface area contributed by atoms with Gasteiger partial charge >= 0.3 is 5.97 Å². The number of rotatable bonds is 7. The molecular weight excluding hydrogens is 206 g/mol. The van der Waals surface area contributed by atoms with E-state index in [0.29, 0.717) is 6.42 Å². The topological polar surface area (TPSA) is 56.1 Å². The normalized spacial score (nSPS) is 10.4. The lowest BCUT2D eigenvalue weighted by molar-refractivity contribution is -0.140. The molecule has 16 heavy (non-hydrogen) atoms. The van der Waals surface area contributed by atoms with Crippen LogP contribution >= 0.6 is 0 Å². The molecule has 0 unspecified atom stereocenters. The molecule has 0 spiro atoms. The molecule has 0 radical (unpaired) electrons. The van der Waals surface area contributed by atoms with Gasteiger partial charge in [0.1, 0.15) is 0 Å². The van der Waals surface area contributed by atoms with Crippen molar-refractivity contribution in [1.29, 1.82) is 0 Å². The standard InChI is InChI=1S/C11H19N3O2/c1-14-10(6-9-13-14)5-8-12-7-3-4-11(15)16-2/h6,9,12H,3-5,7-8H2,1-2H3. The lowest BCUT2D eigenvalue weighted by Gasteiger charge is -2.04. The van der Waals surface area contributed by atoms with Crippen LogP contribution in [0, 0.1) is 0 Å². The molecule has 0 amide bonds. The zero-order valence-electron chi connectivity index (χ0n) is 9.90. The van der Waals surface area contributed by atoms with E-state index < -0.39 is 0 Å². The van der Waals surface area contributed by atoms with Crippen molar-refractivity contribution in [3.05, 3.63) is 18.0 Å². The van der Waals surface area contributed by atoms with Gasteiger partial charge in [0.05, 0.1) is 7.11 Å². The SMILES string of the molecule is COC(=O)CCCNCCc1ccnn1C. The average Bonchev–Trinajstić information content (AvgIpc) is 2.69. The van der Waals surface area contributed by atoms with E-state index >= 15 is 0 Å². The van der Waals surface area contributed by atoms with Crippen LogP contribution in [0.1, 0.15) is 18.5 Å². The van der Waals surface area contributed by atoms with Crippen molar-refractivity contribution >= 4 is 5.97 Å². The Morgan fingerprint density at radius 3 is 3.00 bits per heavy atom. The number of nitrogens with zero attached hydrogens (tertiary/aromatic N) is 2. The van der Waals surface area contributed by atoms with Crippen molar-refractivity contribution in [3.63, 3.8) is 0 Å². The maximum Gasteiger partial charge on any atom is 0.305 e. The zero-order valence-corrected chi connectivity index (χ0v) is 9.90. The van der Waals surface area contributed by atoms with Gasteiger partial charge in [-0.05, 0) is 19.0 Å². The van der Waals surface area contributed by atoms with Crippen LogP contribution in [0.4, 0.5) is 0 Å². The Labute approximate surface area is 95.8 Å². The van der Waals surface area contributed by atoms with Gasteiger partial charge in [-0.3, -0.25) is 9.48 Å². The second-order valence-corrected chi connectivity index (χ2v) is 3.63. The number of esters is 1. The van der Waals surface area contributed by atoms with Gasteiger partial charge in [-0.1, -0.05) is 0 Å². The maximum absolute atomic E-state index is 10.8. The highest BCUT2D eigenvalue weighted by Gasteiger charge is 2.00. The van der Waals surface area contributed by atoms with Crippen LogP contribution in [0.2, 0.25) is 0 Å². The van der Waals surface area contributed by atoms with E-state index in [1.54, 1.807) is 6.20 Å². The largest absolute Gasteiger partial charge is 0.469 e. The molecule has 1 aromatic rings. The van der Waals surface area contributed by atoms with Crippen LogP contribution in [0.15, 0.2) is 12.3 Å². The zero-order chi connectivity index (χ0) is 11.8. The van der Waals surface area contributed by atoms with E-state index in [9.17, 15) is 4.79 Å². The summed E-state index contributed by atoms with van der Waals surface area (Å²) in [6.07, 6.45) is 4.05. The van der Waals surface area contributed by atoms with Crippen molar-refractivity contribution in [2.45, 2.75) is 19.3 Å². The van der Waals surface area contributed by atoms with E-state index in [0.717, 1.165) is 25.9 Å². The third-order valence-electron chi connectivity index (χ3n) is 2.44. The van der Waals surface area contributed by atoms with Gasteiger partial charge < -0.3 is 10.1 Å². The molecule has 5 heteroatoms. The van der Waals surface area contributed by atoms with Crippen molar-refractivity contribution < 1.29 is 9.53 Å². The molecule has 0 fully saturated rings. The Morgan fingerprint density at radius 2 is 2.38 bits per heavy atom. The minimum Gasteiger partial charge on any atom is -0.469 e. The fourth-order valence-corrected chi connectivity index (χ4v) is 1.45. The highest BCUT2D eigenvalue weighted by molar-refractivity contribution is 5.69. The fraction of sp³-hybridized carbons (Fsp3) is 0.636. The first-order valence-corrected chi connectivity index (χ1v) is 5.48. The number of hydrogen-bond donors (Lipinski definition) is 1. The lowest BCUT2D eigenvalue weighted by Crippen LogP contribution is -2.20. The highest BCUT2D eigenvalue weighted by Crippen LogP contribution is 1.96. The predicted octanol–water partition coefficient (Wildman–Crippen LogP) is 0.505. The van der Waals surface area contributed by atoms with Gasteiger partial charge in [0, 0.05) is 38.3 Å². The monoisotopic (exact) mass is 225 g/mol. The van der Waals surface area contributed by atoms with Crippen LogP contribution in [0.3, 0.4) is 0 Å². The molecule has 5 nitrogen and oxygen atoms in total. The predicted molar refractivity (Wildman–Crippen MR) is 61.0 cm³/mol. The Kier molecular flexibility index (Phi) is 5.56. The van der Waals surface area contributed by atoms with Crippen LogP contribution in [-0.4, -0.2) is 35.9 Å². The van der Waals surface area contributed by atoms with Crippen molar-refractivity contribution in [1.82, 2.24) is 15.1 Å². The summed E-state index contributed by atoms with van der Waals surface area (Å²) < 4.78 is 6.42. The summed E-state index contributed by atoms with van der Waals surface area (Å²) in [5.74, 6) is -0.145. The molecule has 0 saturated carbocycles. The first kappa shape index (κ1) is 12.7. The van der Waals surface area contributed by atoms with E-state index in [4.69, 9.17) is 0 Å². The molecule has 0 aliphatic carbocycles. The second-order valence-electron chi connectivity index (χ2n) is 3.63.